The number of guanidine groups is 1. The van der Waals surface area contributed by atoms with Gasteiger partial charge in [-0.3, -0.25) is 4.99 Å². The molecular weight excluding hydrogens is 410 g/mol. The molecule has 5 nitrogen and oxygen atoms in total. The van der Waals surface area contributed by atoms with E-state index in [9.17, 15) is 8.78 Å². The van der Waals surface area contributed by atoms with Gasteiger partial charge in [-0.05, 0) is 55.0 Å². The fourth-order valence-corrected chi connectivity index (χ4v) is 2.66. The Morgan fingerprint density at radius 2 is 1.77 bits per heavy atom. The van der Waals surface area contributed by atoms with Crippen LogP contribution in [0.3, 0.4) is 0 Å². The van der Waals surface area contributed by atoms with Crippen molar-refractivity contribution in [3.05, 3.63) is 83.0 Å². The van der Waals surface area contributed by atoms with E-state index in [1.54, 1.807) is 30.5 Å². The lowest BCUT2D eigenvalue weighted by Gasteiger charge is -2.15. The third kappa shape index (κ3) is 5.90. The average Bonchev–Trinajstić information content (AvgIpc) is 2.74. The second-order valence-corrected chi connectivity index (χ2v) is 6.76. The van der Waals surface area contributed by atoms with Crippen molar-refractivity contribution in [2.75, 3.05) is 17.2 Å². The van der Waals surface area contributed by atoms with Crippen molar-refractivity contribution in [3.63, 3.8) is 0 Å². The predicted molar refractivity (Wildman–Crippen MR) is 116 cm³/mol. The molecular formula is C22H21ClF2N4O. The molecule has 0 bridgehead atoms. The smallest absolute Gasteiger partial charge is 0.201 e. The van der Waals surface area contributed by atoms with E-state index in [0.29, 0.717) is 29.1 Å². The molecule has 0 aliphatic carbocycles. The van der Waals surface area contributed by atoms with Crippen LogP contribution in [0.5, 0.6) is 5.75 Å². The van der Waals surface area contributed by atoms with Crippen molar-refractivity contribution >= 4 is 29.1 Å². The fraction of sp³-hybridized carbons (Fsp3) is 0.182. The highest BCUT2D eigenvalue weighted by atomic mass is 35.5. The Hall–Kier alpha value is -3.19. The Morgan fingerprint density at radius 3 is 2.47 bits per heavy atom. The number of aliphatic imine (C=N–C) groups is 1. The van der Waals surface area contributed by atoms with Crippen LogP contribution in [-0.2, 0) is 6.61 Å². The number of aromatic nitrogens is 1. The molecule has 0 fully saturated rings. The first kappa shape index (κ1) is 21.5. The van der Waals surface area contributed by atoms with Gasteiger partial charge in [-0.2, -0.15) is 0 Å². The third-order valence-electron chi connectivity index (χ3n) is 4.04. The van der Waals surface area contributed by atoms with Gasteiger partial charge in [0.15, 0.2) is 11.6 Å². The summed E-state index contributed by atoms with van der Waals surface area (Å²) in [6.45, 7) is 2.33. The second kappa shape index (κ2) is 10.5. The number of pyridine rings is 1. The maximum Gasteiger partial charge on any atom is 0.201 e. The first-order valence-corrected chi connectivity index (χ1v) is 9.79. The molecule has 3 rings (SSSR count). The lowest BCUT2D eigenvalue weighted by molar-refractivity contribution is 0.293. The summed E-state index contributed by atoms with van der Waals surface area (Å²) in [6, 6.07) is 14.2. The Morgan fingerprint density at radius 1 is 1.03 bits per heavy atom. The molecule has 0 saturated carbocycles. The maximum absolute atomic E-state index is 13.9. The van der Waals surface area contributed by atoms with Crippen LogP contribution in [0.2, 0.25) is 5.02 Å². The summed E-state index contributed by atoms with van der Waals surface area (Å²) < 4.78 is 33.4. The minimum Gasteiger partial charge on any atom is -0.485 e. The van der Waals surface area contributed by atoms with Crippen molar-refractivity contribution in [2.24, 2.45) is 4.99 Å². The highest BCUT2D eigenvalue weighted by molar-refractivity contribution is 6.30. The van der Waals surface area contributed by atoms with Crippen LogP contribution in [0.15, 0.2) is 65.8 Å². The number of halogens is 3. The number of nitrogens with zero attached hydrogens (tertiary/aromatic N) is 2. The molecule has 0 aliphatic rings. The van der Waals surface area contributed by atoms with Gasteiger partial charge >= 0.3 is 0 Å². The summed E-state index contributed by atoms with van der Waals surface area (Å²) in [4.78, 5) is 8.76. The van der Waals surface area contributed by atoms with Gasteiger partial charge in [0, 0.05) is 23.5 Å². The largest absolute Gasteiger partial charge is 0.485 e. The average molecular weight is 431 g/mol. The van der Waals surface area contributed by atoms with E-state index < -0.39 is 11.6 Å². The molecule has 0 saturated heterocycles. The zero-order chi connectivity index (χ0) is 21.3. The van der Waals surface area contributed by atoms with Gasteiger partial charge in [0.05, 0.1) is 5.56 Å². The van der Waals surface area contributed by atoms with E-state index >= 15 is 0 Å². The molecule has 1 aromatic heterocycles. The molecule has 0 spiro atoms. The molecule has 8 heteroatoms. The maximum atomic E-state index is 13.9. The molecule has 0 atom stereocenters. The number of hydrogen-bond donors (Lipinski definition) is 2. The topological polar surface area (TPSA) is 58.5 Å². The molecule has 3 aromatic rings. The molecule has 1 heterocycles. The third-order valence-corrected chi connectivity index (χ3v) is 4.29. The summed E-state index contributed by atoms with van der Waals surface area (Å²) in [5, 5.41) is 6.89. The van der Waals surface area contributed by atoms with E-state index in [1.807, 2.05) is 19.1 Å². The summed E-state index contributed by atoms with van der Waals surface area (Å²) >= 11 is 5.94. The Bertz CT molecular complexity index is 992. The van der Waals surface area contributed by atoms with Gasteiger partial charge < -0.3 is 15.4 Å². The minimum atomic E-state index is -0.664. The highest BCUT2D eigenvalue weighted by Crippen LogP contribution is 2.24. The van der Waals surface area contributed by atoms with Crippen molar-refractivity contribution in [2.45, 2.75) is 20.0 Å². The zero-order valence-corrected chi connectivity index (χ0v) is 17.1. The number of rotatable bonds is 7. The quantitative estimate of drug-likeness (QED) is 0.363. The van der Waals surface area contributed by atoms with Gasteiger partial charge in [-0.1, -0.05) is 24.6 Å². The number of ether oxygens (including phenoxy) is 1. The van der Waals surface area contributed by atoms with Crippen molar-refractivity contribution in [1.82, 2.24) is 4.98 Å². The van der Waals surface area contributed by atoms with Gasteiger partial charge in [-0.25, -0.2) is 13.8 Å². The van der Waals surface area contributed by atoms with Crippen LogP contribution in [0.4, 0.5) is 20.3 Å². The molecule has 2 aromatic carbocycles. The molecule has 0 unspecified atom stereocenters. The molecule has 0 aliphatic heterocycles. The number of nitrogens with one attached hydrogen (secondary N) is 2. The predicted octanol–water partition coefficient (Wildman–Crippen LogP) is 5.88. The molecule has 0 radical (unpaired) electrons. The van der Waals surface area contributed by atoms with Crippen LogP contribution >= 0.6 is 11.6 Å². The van der Waals surface area contributed by atoms with Crippen molar-refractivity contribution < 1.29 is 13.5 Å². The van der Waals surface area contributed by atoms with Crippen LogP contribution in [0.1, 0.15) is 18.9 Å². The standard InChI is InChI=1S/C22H21ClF2N4O/c1-2-12-27-22(28-16-10-8-15(23)9-11-16)29-21-20(7-4-13-26-21)30-14-17-18(24)5-3-6-19(17)25/h3-11,13H,2,12,14H2,1H3,(H2,26,27,28,29). The monoisotopic (exact) mass is 430 g/mol. The van der Waals surface area contributed by atoms with Crippen molar-refractivity contribution in [3.8, 4) is 5.75 Å². The Balaban J connectivity index is 1.77. The summed E-state index contributed by atoms with van der Waals surface area (Å²) in [5.41, 5.74) is 0.639. The Labute approximate surface area is 178 Å². The van der Waals surface area contributed by atoms with E-state index in [2.05, 4.69) is 20.6 Å². The first-order chi connectivity index (χ1) is 14.6. The van der Waals surface area contributed by atoms with Crippen molar-refractivity contribution in [1.29, 1.82) is 0 Å². The zero-order valence-electron chi connectivity index (χ0n) is 16.3. The van der Waals surface area contributed by atoms with Gasteiger partial charge in [0.1, 0.15) is 18.2 Å². The number of hydrogen-bond acceptors (Lipinski definition) is 3. The first-order valence-electron chi connectivity index (χ1n) is 9.41. The van der Waals surface area contributed by atoms with Gasteiger partial charge in [-0.15, -0.1) is 0 Å². The van der Waals surface area contributed by atoms with E-state index in [1.165, 1.54) is 18.2 Å². The van der Waals surface area contributed by atoms with E-state index in [-0.39, 0.29) is 12.2 Å². The van der Waals surface area contributed by atoms with Gasteiger partial charge in [0.25, 0.3) is 0 Å². The van der Waals surface area contributed by atoms with Crippen LogP contribution in [-0.4, -0.2) is 17.5 Å². The lowest BCUT2D eigenvalue weighted by atomic mass is 10.2. The molecule has 0 amide bonds. The summed E-state index contributed by atoms with van der Waals surface area (Å²) in [6.07, 6.45) is 2.43. The highest BCUT2D eigenvalue weighted by Gasteiger charge is 2.12. The molecule has 156 valence electrons. The number of anilines is 2. The SMILES string of the molecule is CCCN=C(Nc1ccc(Cl)cc1)Nc1ncccc1OCc1c(F)cccc1F. The lowest BCUT2D eigenvalue weighted by Crippen LogP contribution is -2.23. The van der Waals surface area contributed by atoms with Crippen LogP contribution in [0, 0.1) is 11.6 Å². The summed E-state index contributed by atoms with van der Waals surface area (Å²) in [5.74, 6) is -0.168. The van der Waals surface area contributed by atoms with E-state index in [0.717, 1.165) is 12.1 Å². The van der Waals surface area contributed by atoms with Crippen LogP contribution < -0.4 is 15.4 Å². The Kier molecular flexibility index (Phi) is 7.57. The van der Waals surface area contributed by atoms with Crippen LogP contribution in [0.25, 0.3) is 0 Å². The molecule has 2 N–H and O–H groups in total. The minimum absolute atomic E-state index is 0.147. The normalized spacial score (nSPS) is 11.3. The molecule has 30 heavy (non-hydrogen) atoms. The van der Waals surface area contributed by atoms with E-state index in [4.69, 9.17) is 16.3 Å². The number of benzene rings is 2. The summed E-state index contributed by atoms with van der Waals surface area (Å²) in [7, 11) is 0. The fourth-order valence-electron chi connectivity index (χ4n) is 2.54. The van der Waals surface area contributed by atoms with Gasteiger partial charge in [0.2, 0.25) is 5.96 Å². The second-order valence-electron chi connectivity index (χ2n) is 6.33.